The maximum atomic E-state index is 12.8. The third-order valence-corrected chi connectivity index (χ3v) is 7.12. The summed E-state index contributed by atoms with van der Waals surface area (Å²) in [5.74, 6) is 0.483. The molecule has 4 rings (SSSR count). The second kappa shape index (κ2) is 9.19. The van der Waals surface area contributed by atoms with Gasteiger partial charge < -0.3 is 14.2 Å². The van der Waals surface area contributed by atoms with E-state index in [4.69, 9.17) is 9.26 Å². The minimum absolute atomic E-state index is 0.130. The molecule has 3 aromatic rings. The Morgan fingerprint density at radius 3 is 2.38 bits per heavy atom. The van der Waals surface area contributed by atoms with E-state index in [2.05, 4.69) is 10.1 Å². The summed E-state index contributed by atoms with van der Waals surface area (Å²) in [4.78, 5) is 18.7. The lowest BCUT2D eigenvalue weighted by Crippen LogP contribution is -2.40. The fraction of sp³-hybridized carbons (Fsp3) is 0.318. The molecule has 0 spiro atoms. The van der Waals surface area contributed by atoms with Crippen molar-refractivity contribution in [2.24, 2.45) is 0 Å². The molecule has 1 aromatic heterocycles. The van der Waals surface area contributed by atoms with E-state index in [1.165, 1.54) is 33.5 Å². The Morgan fingerprint density at radius 1 is 1.06 bits per heavy atom. The predicted octanol–water partition coefficient (Wildman–Crippen LogP) is 2.34. The van der Waals surface area contributed by atoms with E-state index in [0.717, 1.165) is 11.1 Å². The minimum Gasteiger partial charge on any atom is -0.379 e. The first-order valence-electron chi connectivity index (χ1n) is 10.2. The molecular weight excluding hydrogens is 432 g/mol. The maximum absolute atomic E-state index is 12.8. The molecule has 32 heavy (non-hydrogen) atoms. The monoisotopic (exact) mass is 456 g/mol. The van der Waals surface area contributed by atoms with Gasteiger partial charge in [0, 0.05) is 31.3 Å². The van der Waals surface area contributed by atoms with Gasteiger partial charge in [-0.25, -0.2) is 8.42 Å². The van der Waals surface area contributed by atoms with Crippen LogP contribution in [0.15, 0.2) is 57.9 Å². The van der Waals surface area contributed by atoms with E-state index >= 15 is 0 Å². The fourth-order valence-corrected chi connectivity index (χ4v) is 4.75. The van der Waals surface area contributed by atoms with Gasteiger partial charge in [-0.1, -0.05) is 35.0 Å². The summed E-state index contributed by atoms with van der Waals surface area (Å²) < 4.78 is 37.3. The van der Waals surface area contributed by atoms with E-state index in [1.54, 1.807) is 7.05 Å². The summed E-state index contributed by atoms with van der Waals surface area (Å²) in [6, 6.07) is 13.7. The average Bonchev–Trinajstić information content (AvgIpc) is 3.28. The number of aryl methyl sites for hydroxylation is 1. The van der Waals surface area contributed by atoms with E-state index < -0.39 is 10.0 Å². The SMILES string of the molecule is Cc1ccc(-c2noc(CN(C)C(=O)c3ccc(S(=O)(=O)N4CCOCC4)cc3)n2)cc1. The lowest BCUT2D eigenvalue weighted by atomic mass is 10.1. The first-order valence-corrected chi connectivity index (χ1v) is 11.6. The molecule has 0 bridgehead atoms. The molecule has 0 aliphatic carbocycles. The van der Waals surface area contributed by atoms with Crippen molar-refractivity contribution in [2.45, 2.75) is 18.4 Å². The number of aromatic nitrogens is 2. The molecule has 0 radical (unpaired) electrons. The smallest absolute Gasteiger partial charge is 0.254 e. The summed E-state index contributed by atoms with van der Waals surface area (Å²) >= 11 is 0. The van der Waals surface area contributed by atoms with Crippen LogP contribution in [0, 0.1) is 6.92 Å². The zero-order valence-corrected chi connectivity index (χ0v) is 18.7. The summed E-state index contributed by atoms with van der Waals surface area (Å²) in [6.07, 6.45) is 0. The molecule has 168 valence electrons. The van der Waals surface area contributed by atoms with Gasteiger partial charge in [-0.15, -0.1) is 0 Å². The van der Waals surface area contributed by atoms with Gasteiger partial charge in [0.25, 0.3) is 5.91 Å². The van der Waals surface area contributed by atoms with E-state index in [-0.39, 0.29) is 17.3 Å². The van der Waals surface area contributed by atoms with Crippen molar-refractivity contribution in [1.82, 2.24) is 19.3 Å². The highest BCUT2D eigenvalue weighted by Gasteiger charge is 2.26. The number of amides is 1. The van der Waals surface area contributed by atoms with Crippen LogP contribution in [0.5, 0.6) is 0 Å². The Morgan fingerprint density at radius 2 is 1.72 bits per heavy atom. The molecule has 9 nitrogen and oxygen atoms in total. The van der Waals surface area contributed by atoms with Gasteiger partial charge in [-0.3, -0.25) is 4.79 Å². The average molecular weight is 457 g/mol. The van der Waals surface area contributed by atoms with Gasteiger partial charge in [0.15, 0.2) is 0 Å². The number of hydrogen-bond acceptors (Lipinski definition) is 7. The fourth-order valence-electron chi connectivity index (χ4n) is 3.34. The first-order chi connectivity index (χ1) is 15.3. The molecule has 2 aromatic carbocycles. The number of hydrogen-bond donors (Lipinski definition) is 0. The van der Waals surface area contributed by atoms with Crippen LogP contribution in [0.3, 0.4) is 0 Å². The van der Waals surface area contributed by atoms with Gasteiger partial charge in [0.05, 0.1) is 24.7 Å². The van der Waals surface area contributed by atoms with Crippen molar-refractivity contribution in [2.75, 3.05) is 33.4 Å². The number of sulfonamides is 1. The second-order valence-electron chi connectivity index (χ2n) is 7.58. The van der Waals surface area contributed by atoms with Crippen molar-refractivity contribution >= 4 is 15.9 Å². The zero-order chi connectivity index (χ0) is 22.7. The number of nitrogens with zero attached hydrogens (tertiary/aromatic N) is 4. The predicted molar refractivity (Wildman–Crippen MR) is 116 cm³/mol. The van der Waals surface area contributed by atoms with Crippen molar-refractivity contribution in [1.29, 1.82) is 0 Å². The first kappa shape index (κ1) is 22.1. The number of morpholine rings is 1. The number of carbonyl (C=O) groups is 1. The molecule has 0 atom stereocenters. The van der Waals surface area contributed by atoms with Crippen molar-refractivity contribution in [3.63, 3.8) is 0 Å². The molecule has 0 unspecified atom stereocenters. The van der Waals surface area contributed by atoms with Crippen LogP contribution in [-0.2, 0) is 21.3 Å². The normalized spacial score (nSPS) is 14.9. The molecular formula is C22H24N4O5S. The van der Waals surface area contributed by atoms with Crippen molar-refractivity contribution < 1.29 is 22.5 Å². The molecule has 1 saturated heterocycles. The molecule has 10 heteroatoms. The van der Waals surface area contributed by atoms with E-state index in [1.807, 2.05) is 31.2 Å². The second-order valence-corrected chi connectivity index (χ2v) is 9.52. The Kier molecular flexibility index (Phi) is 6.35. The van der Waals surface area contributed by atoms with Crippen molar-refractivity contribution in [3.8, 4) is 11.4 Å². The quantitative estimate of drug-likeness (QED) is 0.560. The van der Waals surface area contributed by atoms with E-state index in [9.17, 15) is 13.2 Å². The highest BCUT2D eigenvalue weighted by molar-refractivity contribution is 7.89. The van der Waals surface area contributed by atoms with Gasteiger partial charge in [0.2, 0.25) is 21.7 Å². The molecule has 1 fully saturated rings. The van der Waals surface area contributed by atoms with Crippen LogP contribution in [0.1, 0.15) is 21.8 Å². The summed E-state index contributed by atoms with van der Waals surface area (Å²) in [6.45, 7) is 3.52. The summed E-state index contributed by atoms with van der Waals surface area (Å²) in [5, 5.41) is 3.98. The van der Waals surface area contributed by atoms with Crippen LogP contribution < -0.4 is 0 Å². The highest BCUT2D eigenvalue weighted by atomic mass is 32.2. The van der Waals surface area contributed by atoms with Gasteiger partial charge in [-0.05, 0) is 31.2 Å². The summed E-state index contributed by atoms with van der Waals surface area (Å²) in [7, 11) is -1.98. The van der Waals surface area contributed by atoms with Crippen LogP contribution in [-0.4, -0.2) is 67.0 Å². The third kappa shape index (κ3) is 4.72. The number of benzene rings is 2. The number of rotatable bonds is 6. The standard InChI is InChI=1S/C22H24N4O5S/c1-16-3-5-17(6-4-16)21-23-20(31-24-21)15-25(2)22(27)18-7-9-19(10-8-18)32(28,29)26-11-13-30-14-12-26/h3-10H,11-15H2,1-2H3. The minimum atomic E-state index is -3.60. The Labute approximate surface area is 186 Å². The third-order valence-electron chi connectivity index (χ3n) is 5.21. The molecule has 1 amide bonds. The van der Waals surface area contributed by atoms with Gasteiger partial charge in [0.1, 0.15) is 0 Å². The zero-order valence-electron chi connectivity index (χ0n) is 17.9. The summed E-state index contributed by atoms with van der Waals surface area (Å²) in [5.41, 5.74) is 2.33. The van der Waals surface area contributed by atoms with Crippen LogP contribution in [0.4, 0.5) is 0 Å². The van der Waals surface area contributed by atoms with Crippen molar-refractivity contribution in [3.05, 3.63) is 65.5 Å². The number of ether oxygens (including phenoxy) is 1. The highest BCUT2D eigenvalue weighted by Crippen LogP contribution is 2.20. The topological polar surface area (TPSA) is 106 Å². The van der Waals surface area contributed by atoms with Gasteiger partial charge >= 0.3 is 0 Å². The van der Waals surface area contributed by atoms with Crippen LogP contribution >= 0.6 is 0 Å². The Hall–Kier alpha value is -3.08. The largest absolute Gasteiger partial charge is 0.379 e. The van der Waals surface area contributed by atoms with Crippen LogP contribution in [0.25, 0.3) is 11.4 Å². The Bertz CT molecular complexity index is 1180. The maximum Gasteiger partial charge on any atom is 0.254 e. The van der Waals surface area contributed by atoms with Crippen LogP contribution in [0.2, 0.25) is 0 Å². The molecule has 1 aliphatic rings. The number of carbonyl (C=O) groups excluding carboxylic acids is 1. The molecule has 1 aliphatic heterocycles. The molecule has 2 heterocycles. The molecule has 0 saturated carbocycles. The Balaban J connectivity index is 1.42. The lowest BCUT2D eigenvalue weighted by molar-refractivity contribution is 0.0730. The molecule has 0 N–H and O–H groups in total. The van der Waals surface area contributed by atoms with Gasteiger partial charge in [-0.2, -0.15) is 9.29 Å². The lowest BCUT2D eigenvalue weighted by Gasteiger charge is -2.26. The van der Waals surface area contributed by atoms with E-state index in [0.29, 0.717) is 43.6 Å².